The first-order valence-corrected chi connectivity index (χ1v) is 8.67. The number of rotatable bonds is 7. The lowest BCUT2D eigenvalue weighted by molar-refractivity contribution is 0.307. The van der Waals surface area contributed by atoms with Gasteiger partial charge in [0.25, 0.3) is 0 Å². The summed E-state index contributed by atoms with van der Waals surface area (Å²) in [5, 5.41) is 3.29. The van der Waals surface area contributed by atoms with Gasteiger partial charge in [0.15, 0.2) is 0 Å². The van der Waals surface area contributed by atoms with Crippen LogP contribution in [-0.4, -0.2) is 11.6 Å². The zero-order valence-corrected chi connectivity index (χ0v) is 13.8. The minimum Gasteiger partial charge on any atom is -0.494 e. The largest absolute Gasteiger partial charge is 0.494 e. The molecule has 0 amide bonds. The van der Waals surface area contributed by atoms with E-state index >= 15 is 0 Å². The molecule has 0 unspecified atom stereocenters. The number of benzene rings is 2. The first kappa shape index (κ1) is 15.6. The summed E-state index contributed by atoms with van der Waals surface area (Å²) in [6.07, 6.45) is 3.12. The van der Waals surface area contributed by atoms with E-state index in [0.717, 1.165) is 48.6 Å². The number of nitrogens with two attached hydrogens (primary N) is 1. The van der Waals surface area contributed by atoms with Crippen LogP contribution in [0.5, 0.6) is 5.75 Å². The van der Waals surface area contributed by atoms with Crippen LogP contribution in [0.4, 0.5) is 5.69 Å². The Morgan fingerprint density at radius 1 is 0.957 bits per heavy atom. The Kier molecular flexibility index (Phi) is 5.27. The van der Waals surface area contributed by atoms with Gasteiger partial charge in [-0.05, 0) is 43.5 Å². The molecule has 1 aromatic heterocycles. The number of nitrogen functional groups attached to an aromatic ring is 1. The van der Waals surface area contributed by atoms with Gasteiger partial charge in [-0.3, -0.25) is 0 Å². The van der Waals surface area contributed by atoms with Crippen molar-refractivity contribution in [3.05, 3.63) is 65.0 Å². The summed E-state index contributed by atoms with van der Waals surface area (Å²) < 4.78 is 5.70. The normalized spacial score (nSPS) is 10.6. The molecule has 3 nitrogen and oxygen atoms in total. The third-order valence-corrected chi connectivity index (χ3v) is 4.46. The number of para-hydroxylation sites is 1. The zero-order valence-electron chi connectivity index (χ0n) is 12.9. The average Bonchev–Trinajstić information content (AvgIpc) is 3.05. The number of hydrogen-bond acceptors (Lipinski definition) is 4. The monoisotopic (exact) mass is 324 g/mol. The Morgan fingerprint density at radius 2 is 1.74 bits per heavy atom. The lowest BCUT2D eigenvalue weighted by Gasteiger charge is -2.04. The van der Waals surface area contributed by atoms with Gasteiger partial charge >= 0.3 is 0 Å². The van der Waals surface area contributed by atoms with Crippen molar-refractivity contribution in [2.24, 2.45) is 0 Å². The number of unbranched alkanes of at least 4 members (excludes halogenated alkanes) is 1. The molecule has 0 bridgehead atoms. The number of hydrogen-bond donors (Lipinski definition) is 1. The molecule has 3 aromatic rings. The van der Waals surface area contributed by atoms with Crippen LogP contribution in [0.15, 0.2) is 60.0 Å². The highest BCUT2D eigenvalue weighted by Gasteiger charge is 2.04. The Bertz CT molecular complexity index is 723. The zero-order chi connectivity index (χ0) is 15.9. The molecule has 3 rings (SSSR count). The molecule has 118 valence electrons. The maximum atomic E-state index is 5.72. The molecule has 0 aliphatic heterocycles. The van der Waals surface area contributed by atoms with Gasteiger partial charge in [-0.25, -0.2) is 4.98 Å². The standard InChI is InChI=1S/C19H20N2OS/c20-16-11-9-15(10-12-16)18-14-23-19(21-18)8-4-5-13-22-17-6-2-1-3-7-17/h1-3,6-7,9-12,14H,4-5,8,13,20H2. The summed E-state index contributed by atoms with van der Waals surface area (Å²) in [5.74, 6) is 0.937. The fraction of sp³-hybridized carbons (Fsp3) is 0.211. The predicted octanol–water partition coefficient (Wildman–Crippen LogP) is 4.79. The fourth-order valence-corrected chi connectivity index (χ4v) is 3.15. The summed E-state index contributed by atoms with van der Waals surface area (Å²) in [6, 6.07) is 17.8. The van der Waals surface area contributed by atoms with Crippen LogP contribution in [0.1, 0.15) is 17.8 Å². The molecule has 2 aromatic carbocycles. The van der Waals surface area contributed by atoms with Gasteiger partial charge in [-0.1, -0.05) is 30.3 Å². The number of aryl methyl sites for hydroxylation is 1. The van der Waals surface area contributed by atoms with Gasteiger partial charge in [0, 0.05) is 16.6 Å². The van der Waals surface area contributed by atoms with E-state index < -0.39 is 0 Å². The first-order valence-electron chi connectivity index (χ1n) is 7.79. The summed E-state index contributed by atoms with van der Waals surface area (Å²) in [5.41, 5.74) is 8.65. The quantitative estimate of drug-likeness (QED) is 0.502. The lowest BCUT2D eigenvalue weighted by atomic mass is 10.1. The average molecular weight is 324 g/mol. The number of anilines is 1. The van der Waals surface area contributed by atoms with Crippen molar-refractivity contribution < 1.29 is 4.74 Å². The Hall–Kier alpha value is -2.33. The molecule has 23 heavy (non-hydrogen) atoms. The van der Waals surface area contributed by atoms with Gasteiger partial charge in [-0.15, -0.1) is 11.3 Å². The maximum absolute atomic E-state index is 5.72. The Labute approximate surface area is 140 Å². The second-order valence-corrected chi connectivity index (χ2v) is 6.31. The lowest BCUT2D eigenvalue weighted by Crippen LogP contribution is -1.98. The van der Waals surface area contributed by atoms with Crippen LogP contribution < -0.4 is 10.5 Å². The summed E-state index contributed by atoms with van der Waals surface area (Å²) in [4.78, 5) is 4.70. The maximum Gasteiger partial charge on any atom is 0.119 e. The molecule has 0 fully saturated rings. The molecule has 2 N–H and O–H groups in total. The number of ether oxygens (including phenoxy) is 1. The van der Waals surface area contributed by atoms with Crippen molar-refractivity contribution >= 4 is 17.0 Å². The molecule has 0 aliphatic carbocycles. The molecular formula is C19H20N2OS. The summed E-state index contributed by atoms with van der Waals surface area (Å²) >= 11 is 1.72. The van der Waals surface area contributed by atoms with E-state index in [1.807, 2.05) is 54.6 Å². The van der Waals surface area contributed by atoms with Crippen LogP contribution in [0.2, 0.25) is 0 Å². The number of thiazole rings is 1. The second kappa shape index (κ2) is 7.79. The van der Waals surface area contributed by atoms with E-state index in [4.69, 9.17) is 15.5 Å². The van der Waals surface area contributed by atoms with Gasteiger partial charge in [-0.2, -0.15) is 0 Å². The smallest absolute Gasteiger partial charge is 0.119 e. The highest BCUT2D eigenvalue weighted by atomic mass is 32.1. The third-order valence-electron chi connectivity index (χ3n) is 3.56. The van der Waals surface area contributed by atoms with Gasteiger partial charge in [0.05, 0.1) is 17.3 Å². The van der Waals surface area contributed by atoms with Gasteiger partial charge in [0.1, 0.15) is 5.75 Å². The topological polar surface area (TPSA) is 48.1 Å². The molecular weight excluding hydrogens is 304 g/mol. The van der Waals surface area contributed by atoms with Crippen molar-refractivity contribution in [1.29, 1.82) is 0 Å². The van der Waals surface area contributed by atoms with Crippen molar-refractivity contribution in [3.63, 3.8) is 0 Å². The third kappa shape index (κ3) is 4.57. The van der Waals surface area contributed by atoms with Crippen molar-refractivity contribution in [1.82, 2.24) is 4.98 Å². The minimum absolute atomic E-state index is 0.750. The highest BCUT2D eigenvalue weighted by Crippen LogP contribution is 2.23. The molecule has 1 heterocycles. The molecule has 0 saturated heterocycles. The first-order chi connectivity index (χ1) is 11.3. The van der Waals surface area contributed by atoms with Crippen LogP contribution >= 0.6 is 11.3 Å². The minimum atomic E-state index is 0.750. The molecule has 0 saturated carbocycles. The van der Waals surface area contributed by atoms with Gasteiger partial charge in [0.2, 0.25) is 0 Å². The Morgan fingerprint density at radius 3 is 2.52 bits per heavy atom. The van der Waals surface area contributed by atoms with Crippen molar-refractivity contribution in [2.45, 2.75) is 19.3 Å². The van der Waals surface area contributed by atoms with E-state index in [-0.39, 0.29) is 0 Å². The highest BCUT2D eigenvalue weighted by molar-refractivity contribution is 7.09. The van der Waals surface area contributed by atoms with Crippen LogP contribution in [0, 0.1) is 0 Å². The van der Waals surface area contributed by atoms with E-state index in [0.29, 0.717) is 0 Å². The van der Waals surface area contributed by atoms with E-state index in [9.17, 15) is 0 Å². The molecule has 4 heteroatoms. The fourth-order valence-electron chi connectivity index (χ4n) is 2.30. The van der Waals surface area contributed by atoms with Crippen molar-refractivity contribution in [3.8, 4) is 17.0 Å². The van der Waals surface area contributed by atoms with Crippen LogP contribution in [0.25, 0.3) is 11.3 Å². The van der Waals surface area contributed by atoms with Crippen LogP contribution in [-0.2, 0) is 6.42 Å². The molecule has 0 spiro atoms. The molecule has 0 aliphatic rings. The van der Waals surface area contributed by atoms with Crippen LogP contribution in [0.3, 0.4) is 0 Å². The van der Waals surface area contributed by atoms with E-state index in [2.05, 4.69) is 5.38 Å². The summed E-state index contributed by atoms with van der Waals surface area (Å²) in [6.45, 7) is 0.750. The van der Waals surface area contributed by atoms with E-state index in [1.165, 1.54) is 5.01 Å². The number of nitrogens with zero attached hydrogens (tertiary/aromatic N) is 1. The van der Waals surface area contributed by atoms with Crippen molar-refractivity contribution in [2.75, 3.05) is 12.3 Å². The molecule has 0 atom stereocenters. The molecule has 0 radical (unpaired) electrons. The number of aromatic nitrogens is 1. The SMILES string of the molecule is Nc1ccc(-c2csc(CCCCOc3ccccc3)n2)cc1. The second-order valence-electron chi connectivity index (χ2n) is 5.37. The van der Waals surface area contributed by atoms with Gasteiger partial charge < -0.3 is 10.5 Å². The summed E-state index contributed by atoms with van der Waals surface area (Å²) in [7, 11) is 0. The van der Waals surface area contributed by atoms with E-state index in [1.54, 1.807) is 11.3 Å². The predicted molar refractivity (Wildman–Crippen MR) is 96.8 cm³/mol. The Balaban J connectivity index is 1.43.